The third-order valence-corrected chi connectivity index (χ3v) is 1.53. The van der Waals surface area contributed by atoms with Gasteiger partial charge < -0.3 is 15.6 Å². The summed E-state index contributed by atoms with van der Waals surface area (Å²) in [6, 6.07) is 3.62. The minimum atomic E-state index is -0.830. The minimum absolute atomic E-state index is 0.160. The Balaban J connectivity index is 2.83. The van der Waals surface area contributed by atoms with Gasteiger partial charge in [-0.2, -0.15) is 0 Å². The molecule has 5 heteroatoms. The summed E-state index contributed by atoms with van der Waals surface area (Å²) in [6.45, 7) is -0.456. The quantitative estimate of drug-likeness (QED) is 0.551. The number of esters is 1. The van der Waals surface area contributed by atoms with E-state index in [1.807, 2.05) is 0 Å². The lowest BCUT2D eigenvalue weighted by Gasteiger charge is -2.04. The molecule has 14 heavy (non-hydrogen) atoms. The maximum atomic E-state index is 13.0. The number of anilines is 1. The Morgan fingerprint density at radius 2 is 2.29 bits per heavy atom. The van der Waals surface area contributed by atoms with Crippen molar-refractivity contribution in [3.05, 3.63) is 29.6 Å². The zero-order valence-corrected chi connectivity index (χ0v) is 7.37. The number of benzene rings is 1. The molecule has 0 atom stereocenters. The van der Waals surface area contributed by atoms with Crippen LogP contribution in [0.25, 0.3) is 0 Å². The van der Waals surface area contributed by atoms with Gasteiger partial charge in [-0.1, -0.05) is 0 Å². The summed E-state index contributed by atoms with van der Waals surface area (Å²) in [4.78, 5) is 11.1. The highest BCUT2D eigenvalue weighted by atomic mass is 19.1. The molecule has 0 aromatic heterocycles. The van der Waals surface area contributed by atoms with Crippen LogP contribution in [-0.2, 0) is 4.74 Å². The van der Waals surface area contributed by atoms with Crippen LogP contribution in [0.5, 0.6) is 0 Å². The maximum Gasteiger partial charge on any atom is 0.341 e. The van der Waals surface area contributed by atoms with Crippen LogP contribution in [-0.4, -0.2) is 24.3 Å². The standard InChI is InChI=1S/C9H10FNO3/c10-8-2-1-6(11)5-7(8)9(13)14-4-3-12/h1-2,5,12H,3-4,11H2. The molecule has 0 saturated carbocycles. The molecule has 0 amide bonds. The predicted octanol–water partition coefficient (Wildman–Crippen LogP) is 0.557. The van der Waals surface area contributed by atoms with Crippen molar-refractivity contribution in [2.45, 2.75) is 0 Å². The molecule has 3 N–H and O–H groups in total. The topological polar surface area (TPSA) is 72.6 Å². The van der Waals surface area contributed by atoms with Crippen LogP contribution in [0.1, 0.15) is 10.4 Å². The first-order valence-electron chi connectivity index (χ1n) is 3.98. The number of halogens is 1. The molecule has 0 aliphatic rings. The third-order valence-electron chi connectivity index (χ3n) is 1.53. The monoisotopic (exact) mass is 199 g/mol. The van der Waals surface area contributed by atoms with Crippen molar-refractivity contribution in [2.24, 2.45) is 0 Å². The lowest BCUT2D eigenvalue weighted by atomic mass is 10.2. The maximum absolute atomic E-state index is 13.0. The van der Waals surface area contributed by atoms with Crippen molar-refractivity contribution < 1.29 is 19.0 Å². The fourth-order valence-corrected chi connectivity index (χ4v) is 0.915. The van der Waals surface area contributed by atoms with Crippen LogP contribution in [0.3, 0.4) is 0 Å². The number of hydrogen-bond acceptors (Lipinski definition) is 4. The van der Waals surface area contributed by atoms with E-state index in [0.717, 1.165) is 6.07 Å². The lowest BCUT2D eigenvalue weighted by Crippen LogP contribution is -2.11. The second-order valence-electron chi connectivity index (χ2n) is 2.60. The van der Waals surface area contributed by atoms with Crippen molar-refractivity contribution in [2.75, 3.05) is 18.9 Å². The molecule has 4 nitrogen and oxygen atoms in total. The number of nitrogen functional groups attached to an aromatic ring is 1. The molecule has 0 aliphatic carbocycles. The average molecular weight is 199 g/mol. The summed E-state index contributed by atoms with van der Waals surface area (Å²) in [5.41, 5.74) is 5.43. The number of ether oxygens (including phenoxy) is 1. The van der Waals surface area contributed by atoms with E-state index in [-0.39, 0.29) is 24.5 Å². The Bertz CT molecular complexity index is 341. The molecule has 1 aromatic rings. The first kappa shape index (κ1) is 10.5. The number of rotatable bonds is 3. The van der Waals surface area contributed by atoms with E-state index in [9.17, 15) is 9.18 Å². The van der Waals surface area contributed by atoms with Gasteiger partial charge in [0.1, 0.15) is 12.4 Å². The average Bonchev–Trinajstić information content (AvgIpc) is 2.18. The van der Waals surface area contributed by atoms with Gasteiger partial charge in [0.15, 0.2) is 0 Å². The van der Waals surface area contributed by atoms with Gasteiger partial charge in [0, 0.05) is 5.69 Å². The van der Waals surface area contributed by atoms with Gasteiger partial charge in [-0.05, 0) is 18.2 Å². The van der Waals surface area contributed by atoms with Gasteiger partial charge in [0.05, 0.1) is 12.2 Å². The first-order chi connectivity index (χ1) is 6.65. The van der Waals surface area contributed by atoms with Gasteiger partial charge in [0.25, 0.3) is 0 Å². The lowest BCUT2D eigenvalue weighted by molar-refractivity contribution is 0.0428. The zero-order valence-electron chi connectivity index (χ0n) is 7.37. The summed E-state index contributed by atoms with van der Waals surface area (Å²) < 4.78 is 17.6. The van der Waals surface area contributed by atoms with Crippen molar-refractivity contribution in [1.29, 1.82) is 0 Å². The second kappa shape index (κ2) is 4.57. The predicted molar refractivity (Wildman–Crippen MR) is 48.2 cm³/mol. The Hall–Kier alpha value is -1.62. The molecule has 0 heterocycles. The molecule has 0 spiro atoms. The van der Waals surface area contributed by atoms with E-state index < -0.39 is 11.8 Å². The number of carbonyl (C=O) groups is 1. The summed E-state index contributed by atoms with van der Waals surface area (Å²) in [5, 5.41) is 8.39. The van der Waals surface area contributed by atoms with Crippen molar-refractivity contribution in [1.82, 2.24) is 0 Å². The fourth-order valence-electron chi connectivity index (χ4n) is 0.915. The second-order valence-corrected chi connectivity index (χ2v) is 2.60. The number of hydrogen-bond donors (Lipinski definition) is 2. The van der Waals surface area contributed by atoms with Crippen LogP contribution < -0.4 is 5.73 Å². The largest absolute Gasteiger partial charge is 0.460 e. The van der Waals surface area contributed by atoms with Crippen LogP contribution in [0.4, 0.5) is 10.1 Å². The van der Waals surface area contributed by atoms with Crippen molar-refractivity contribution in [3.8, 4) is 0 Å². The van der Waals surface area contributed by atoms with Crippen molar-refractivity contribution in [3.63, 3.8) is 0 Å². The molecule has 0 saturated heterocycles. The Kier molecular flexibility index (Phi) is 3.41. The third kappa shape index (κ3) is 2.43. The zero-order chi connectivity index (χ0) is 10.6. The van der Waals surface area contributed by atoms with E-state index >= 15 is 0 Å². The van der Waals surface area contributed by atoms with Gasteiger partial charge in [-0.25, -0.2) is 9.18 Å². The van der Waals surface area contributed by atoms with Gasteiger partial charge in [0.2, 0.25) is 0 Å². The number of nitrogens with two attached hydrogens (primary N) is 1. The molecular formula is C9H10FNO3. The molecule has 0 fully saturated rings. The highest BCUT2D eigenvalue weighted by molar-refractivity contribution is 5.90. The SMILES string of the molecule is Nc1ccc(F)c(C(=O)OCCO)c1. The highest BCUT2D eigenvalue weighted by Gasteiger charge is 2.12. The highest BCUT2D eigenvalue weighted by Crippen LogP contribution is 2.12. The summed E-state index contributed by atoms with van der Waals surface area (Å²) >= 11 is 0. The van der Waals surface area contributed by atoms with Gasteiger partial charge >= 0.3 is 5.97 Å². The smallest absolute Gasteiger partial charge is 0.341 e. The van der Waals surface area contributed by atoms with Crippen LogP contribution >= 0.6 is 0 Å². The molecule has 0 radical (unpaired) electrons. The van der Waals surface area contributed by atoms with Crippen LogP contribution in [0.15, 0.2) is 18.2 Å². The number of carbonyl (C=O) groups excluding carboxylic acids is 1. The van der Waals surface area contributed by atoms with Crippen molar-refractivity contribution >= 4 is 11.7 Å². The summed E-state index contributed by atoms with van der Waals surface area (Å²) in [7, 11) is 0. The summed E-state index contributed by atoms with van der Waals surface area (Å²) in [5.74, 6) is -1.52. The molecule has 76 valence electrons. The Morgan fingerprint density at radius 1 is 1.57 bits per heavy atom. The van der Waals surface area contributed by atoms with E-state index in [1.54, 1.807) is 0 Å². The molecular weight excluding hydrogens is 189 g/mol. The van der Waals surface area contributed by atoms with Crippen LogP contribution in [0, 0.1) is 5.82 Å². The molecule has 0 unspecified atom stereocenters. The minimum Gasteiger partial charge on any atom is -0.460 e. The summed E-state index contributed by atoms with van der Waals surface area (Å²) in [6.07, 6.45) is 0. The number of aliphatic hydroxyl groups is 1. The van der Waals surface area contributed by atoms with Gasteiger partial charge in [-0.3, -0.25) is 0 Å². The normalized spacial score (nSPS) is 9.86. The molecule has 0 bridgehead atoms. The molecule has 1 rings (SSSR count). The first-order valence-corrected chi connectivity index (χ1v) is 3.98. The fraction of sp³-hybridized carbons (Fsp3) is 0.222. The van der Waals surface area contributed by atoms with Crippen LogP contribution in [0.2, 0.25) is 0 Å². The van der Waals surface area contributed by atoms with E-state index in [4.69, 9.17) is 10.8 Å². The van der Waals surface area contributed by atoms with E-state index in [2.05, 4.69) is 4.74 Å². The molecule has 0 aliphatic heterocycles. The number of aliphatic hydroxyl groups excluding tert-OH is 1. The van der Waals surface area contributed by atoms with E-state index in [1.165, 1.54) is 12.1 Å². The molecule has 1 aromatic carbocycles. The Labute approximate surface area is 80.1 Å². The Morgan fingerprint density at radius 3 is 2.93 bits per heavy atom. The van der Waals surface area contributed by atoms with E-state index in [0.29, 0.717) is 0 Å². The van der Waals surface area contributed by atoms with Gasteiger partial charge in [-0.15, -0.1) is 0 Å².